The molecule has 1 N–H and O–H groups in total. The highest BCUT2D eigenvalue weighted by molar-refractivity contribution is 5.21. The number of aromatic nitrogens is 2. The van der Waals surface area contributed by atoms with Crippen molar-refractivity contribution in [3.8, 4) is 0 Å². The standard InChI is InChI=1S/C15H24N2O/c1-9(2)13-11(4)16-14(17-15(13)18)12-7-5-10(3)6-8-12/h9-10,12H,5-8H2,1-4H3,(H,16,17,18). The van der Waals surface area contributed by atoms with Crippen molar-refractivity contribution in [3.05, 3.63) is 27.4 Å². The largest absolute Gasteiger partial charge is 0.310 e. The molecule has 2 rings (SSSR count). The molecule has 100 valence electrons. The lowest BCUT2D eigenvalue weighted by molar-refractivity contribution is 0.339. The third-order valence-corrected chi connectivity index (χ3v) is 4.14. The Hall–Kier alpha value is -1.12. The first-order chi connectivity index (χ1) is 8.49. The summed E-state index contributed by atoms with van der Waals surface area (Å²) < 4.78 is 0. The zero-order valence-corrected chi connectivity index (χ0v) is 11.9. The van der Waals surface area contributed by atoms with Crippen LogP contribution in [0.2, 0.25) is 0 Å². The fourth-order valence-corrected chi connectivity index (χ4v) is 3.02. The maximum atomic E-state index is 12.1. The van der Waals surface area contributed by atoms with Crippen LogP contribution in [0.25, 0.3) is 0 Å². The molecule has 3 nitrogen and oxygen atoms in total. The van der Waals surface area contributed by atoms with Crippen LogP contribution in [0, 0.1) is 12.8 Å². The van der Waals surface area contributed by atoms with Crippen molar-refractivity contribution in [1.29, 1.82) is 0 Å². The monoisotopic (exact) mass is 248 g/mol. The first-order valence-corrected chi connectivity index (χ1v) is 7.09. The van der Waals surface area contributed by atoms with E-state index >= 15 is 0 Å². The van der Waals surface area contributed by atoms with E-state index in [2.05, 4.69) is 16.9 Å². The number of nitrogens with zero attached hydrogens (tertiary/aromatic N) is 1. The quantitative estimate of drug-likeness (QED) is 0.870. The molecule has 0 atom stereocenters. The fourth-order valence-electron chi connectivity index (χ4n) is 3.02. The maximum Gasteiger partial charge on any atom is 0.254 e. The average molecular weight is 248 g/mol. The zero-order valence-electron chi connectivity index (χ0n) is 11.9. The average Bonchev–Trinajstić information content (AvgIpc) is 2.28. The summed E-state index contributed by atoms with van der Waals surface area (Å²) in [7, 11) is 0. The molecule has 0 aromatic carbocycles. The van der Waals surface area contributed by atoms with E-state index in [0.717, 1.165) is 35.8 Å². The second-order valence-corrected chi connectivity index (χ2v) is 6.06. The van der Waals surface area contributed by atoms with Gasteiger partial charge in [-0.2, -0.15) is 0 Å². The van der Waals surface area contributed by atoms with Gasteiger partial charge in [-0.25, -0.2) is 4.98 Å². The van der Waals surface area contributed by atoms with Crippen LogP contribution in [-0.2, 0) is 0 Å². The Morgan fingerprint density at radius 3 is 2.33 bits per heavy atom. The van der Waals surface area contributed by atoms with Crippen LogP contribution < -0.4 is 5.56 Å². The number of aromatic amines is 1. The minimum absolute atomic E-state index is 0.0612. The van der Waals surface area contributed by atoms with Crippen LogP contribution in [0.3, 0.4) is 0 Å². The third-order valence-electron chi connectivity index (χ3n) is 4.14. The molecule has 0 spiro atoms. The van der Waals surface area contributed by atoms with Crippen molar-refractivity contribution in [2.24, 2.45) is 5.92 Å². The van der Waals surface area contributed by atoms with E-state index in [1.165, 1.54) is 12.8 Å². The smallest absolute Gasteiger partial charge is 0.254 e. The molecule has 0 bridgehead atoms. The lowest BCUT2D eigenvalue weighted by Gasteiger charge is -2.25. The number of H-pyrrole nitrogens is 1. The molecule has 3 heteroatoms. The molecular weight excluding hydrogens is 224 g/mol. The lowest BCUT2D eigenvalue weighted by Crippen LogP contribution is -2.23. The molecule has 0 unspecified atom stereocenters. The van der Waals surface area contributed by atoms with Crippen LogP contribution in [-0.4, -0.2) is 9.97 Å². The van der Waals surface area contributed by atoms with Crippen LogP contribution in [0.4, 0.5) is 0 Å². The summed E-state index contributed by atoms with van der Waals surface area (Å²) in [6.07, 6.45) is 4.81. The lowest BCUT2D eigenvalue weighted by atomic mass is 9.82. The van der Waals surface area contributed by atoms with Gasteiger partial charge in [0.05, 0.1) is 0 Å². The van der Waals surface area contributed by atoms with Crippen LogP contribution in [0.1, 0.15) is 75.4 Å². The molecule has 1 aliphatic carbocycles. The predicted molar refractivity (Wildman–Crippen MR) is 74.1 cm³/mol. The van der Waals surface area contributed by atoms with E-state index < -0.39 is 0 Å². The van der Waals surface area contributed by atoms with Crippen LogP contribution in [0.15, 0.2) is 4.79 Å². The molecule has 1 aromatic heterocycles. The molecule has 0 saturated heterocycles. The zero-order chi connectivity index (χ0) is 13.3. The van der Waals surface area contributed by atoms with E-state index in [1.54, 1.807) is 0 Å². The normalized spacial score (nSPS) is 24.5. The van der Waals surface area contributed by atoms with Gasteiger partial charge in [0, 0.05) is 17.2 Å². The second-order valence-electron chi connectivity index (χ2n) is 6.06. The van der Waals surface area contributed by atoms with Crippen molar-refractivity contribution in [3.63, 3.8) is 0 Å². The van der Waals surface area contributed by atoms with Gasteiger partial charge >= 0.3 is 0 Å². The Kier molecular flexibility index (Phi) is 3.88. The molecule has 1 saturated carbocycles. The first-order valence-electron chi connectivity index (χ1n) is 7.09. The van der Waals surface area contributed by atoms with E-state index in [0.29, 0.717) is 5.92 Å². The van der Waals surface area contributed by atoms with Crippen molar-refractivity contribution in [2.75, 3.05) is 0 Å². The highest BCUT2D eigenvalue weighted by Gasteiger charge is 2.23. The summed E-state index contributed by atoms with van der Waals surface area (Å²) in [5.41, 5.74) is 1.80. The molecule has 0 amide bonds. The summed E-state index contributed by atoms with van der Waals surface area (Å²) in [6.45, 7) is 8.35. The maximum absolute atomic E-state index is 12.1. The van der Waals surface area contributed by atoms with Gasteiger partial charge in [0.1, 0.15) is 5.82 Å². The number of hydrogen-bond donors (Lipinski definition) is 1. The van der Waals surface area contributed by atoms with Gasteiger partial charge in [0.2, 0.25) is 0 Å². The Balaban J connectivity index is 2.28. The van der Waals surface area contributed by atoms with Gasteiger partial charge in [0.25, 0.3) is 5.56 Å². The third kappa shape index (κ3) is 2.65. The number of nitrogens with one attached hydrogen (secondary N) is 1. The highest BCUT2D eigenvalue weighted by atomic mass is 16.1. The van der Waals surface area contributed by atoms with Gasteiger partial charge in [-0.3, -0.25) is 4.79 Å². The number of aryl methyl sites for hydroxylation is 1. The summed E-state index contributed by atoms with van der Waals surface area (Å²) in [4.78, 5) is 19.8. The Morgan fingerprint density at radius 2 is 1.83 bits per heavy atom. The van der Waals surface area contributed by atoms with Gasteiger partial charge in [-0.05, 0) is 31.6 Å². The Bertz CT molecular complexity index is 468. The molecular formula is C15H24N2O. The van der Waals surface area contributed by atoms with E-state index in [1.807, 2.05) is 20.8 Å². The molecule has 1 heterocycles. The Labute approximate surface area is 109 Å². The van der Waals surface area contributed by atoms with Crippen molar-refractivity contribution >= 4 is 0 Å². The van der Waals surface area contributed by atoms with Gasteiger partial charge in [-0.15, -0.1) is 0 Å². The highest BCUT2D eigenvalue weighted by Crippen LogP contribution is 2.33. The molecule has 0 aliphatic heterocycles. The van der Waals surface area contributed by atoms with Gasteiger partial charge < -0.3 is 4.98 Å². The Morgan fingerprint density at radius 1 is 1.22 bits per heavy atom. The summed E-state index contributed by atoms with van der Waals surface area (Å²) in [5.74, 6) is 2.42. The second kappa shape index (κ2) is 5.25. The van der Waals surface area contributed by atoms with E-state index in [-0.39, 0.29) is 11.5 Å². The van der Waals surface area contributed by atoms with E-state index in [9.17, 15) is 4.79 Å². The van der Waals surface area contributed by atoms with Crippen molar-refractivity contribution in [2.45, 2.75) is 65.2 Å². The summed E-state index contributed by atoms with van der Waals surface area (Å²) in [5, 5.41) is 0. The minimum Gasteiger partial charge on any atom is -0.310 e. The minimum atomic E-state index is 0.0612. The van der Waals surface area contributed by atoms with Crippen molar-refractivity contribution < 1.29 is 0 Å². The van der Waals surface area contributed by atoms with Gasteiger partial charge in [-0.1, -0.05) is 33.6 Å². The number of hydrogen-bond acceptors (Lipinski definition) is 2. The summed E-state index contributed by atoms with van der Waals surface area (Å²) >= 11 is 0. The van der Waals surface area contributed by atoms with Crippen molar-refractivity contribution in [1.82, 2.24) is 9.97 Å². The molecule has 1 fully saturated rings. The first kappa shape index (κ1) is 13.3. The van der Waals surface area contributed by atoms with Gasteiger partial charge in [0.15, 0.2) is 0 Å². The SMILES string of the molecule is Cc1nc(C2CCC(C)CC2)[nH]c(=O)c1C(C)C. The predicted octanol–water partition coefficient (Wildman–Crippen LogP) is 3.50. The molecule has 1 aromatic rings. The number of rotatable bonds is 2. The molecule has 1 aliphatic rings. The molecule has 18 heavy (non-hydrogen) atoms. The van der Waals surface area contributed by atoms with Crippen LogP contribution in [0.5, 0.6) is 0 Å². The summed E-state index contributed by atoms with van der Waals surface area (Å²) in [6, 6.07) is 0. The van der Waals surface area contributed by atoms with Crippen LogP contribution >= 0.6 is 0 Å². The van der Waals surface area contributed by atoms with E-state index in [4.69, 9.17) is 0 Å². The fraction of sp³-hybridized carbons (Fsp3) is 0.733. The molecule has 0 radical (unpaired) electrons. The topological polar surface area (TPSA) is 45.8 Å².